The Labute approximate surface area is 160 Å². The highest BCUT2D eigenvalue weighted by Gasteiger charge is 2.20. The summed E-state index contributed by atoms with van der Waals surface area (Å²) in [4.78, 5) is 7.12. The van der Waals surface area contributed by atoms with Crippen molar-refractivity contribution in [3.8, 4) is 11.3 Å². The number of hydrogen-bond donors (Lipinski definition) is 1. The van der Waals surface area contributed by atoms with Crippen LogP contribution in [0.25, 0.3) is 11.3 Å². The van der Waals surface area contributed by atoms with Crippen LogP contribution in [-0.2, 0) is 0 Å². The third-order valence-electron chi connectivity index (χ3n) is 5.12. The van der Waals surface area contributed by atoms with Gasteiger partial charge in [-0.2, -0.15) is 5.10 Å². The molecule has 1 saturated heterocycles. The van der Waals surface area contributed by atoms with Crippen molar-refractivity contribution in [1.29, 1.82) is 0 Å². The molecule has 0 amide bonds. The lowest BCUT2D eigenvalue weighted by molar-refractivity contribution is 0.215. The summed E-state index contributed by atoms with van der Waals surface area (Å²) >= 11 is 0. The van der Waals surface area contributed by atoms with Gasteiger partial charge in [0, 0.05) is 25.2 Å². The van der Waals surface area contributed by atoms with Crippen LogP contribution in [0.5, 0.6) is 0 Å². The van der Waals surface area contributed by atoms with E-state index in [4.69, 9.17) is 0 Å². The van der Waals surface area contributed by atoms with E-state index in [-0.39, 0.29) is 0 Å². The largest absolute Gasteiger partial charge is 0.352 e. The van der Waals surface area contributed by atoms with Crippen LogP contribution in [0.3, 0.4) is 0 Å². The first kappa shape index (κ1) is 17.6. The maximum Gasteiger partial charge on any atom is 0.243 e. The number of benzene rings is 2. The third-order valence-corrected chi connectivity index (χ3v) is 5.12. The molecule has 0 spiro atoms. The van der Waals surface area contributed by atoms with Crippen LogP contribution in [0, 0.1) is 0 Å². The summed E-state index contributed by atoms with van der Waals surface area (Å²) in [5, 5.41) is 11.5. The number of aromatic nitrogens is 3. The molecule has 1 aliphatic rings. The van der Waals surface area contributed by atoms with Crippen LogP contribution in [0.2, 0.25) is 0 Å². The van der Waals surface area contributed by atoms with E-state index in [0.29, 0.717) is 11.9 Å². The predicted octanol–water partition coefficient (Wildman–Crippen LogP) is 3.83. The van der Waals surface area contributed by atoms with Crippen LogP contribution < -0.4 is 5.32 Å². The molecule has 27 heavy (non-hydrogen) atoms. The zero-order chi connectivity index (χ0) is 18.3. The van der Waals surface area contributed by atoms with E-state index >= 15 is 0 Å². The number of rotatable bonds is 6. The van der Waals surface area contributed by atoms with Gasteiger partial charge in [-0.3, -0.25) is 0 Å². The van der Waals surface area contributed by atoms with Gasteiger partial charge in [-0.1, -0.05) is 60.7 Å². The Morgan fingerprint density at radius 1 is 1.00 bits per heavy atom. The number of likely N-dealkylation sites (tertiary alicyclic amines) is 1. The van der Waals surface area contributed by atoms with Crippen LogP contribution in [-0.4, -0.2) is 46.3 Å². The molecule has 1 fully saturated rings. The van der Waals surface area contributed by atoms with Gasteiger partial charge in [-0.25, -0.2) is 4.98 Å². The van der Waals surface area contributed by atoms with E-state index in [0.717, 1.165) is 37.4 Å². The molecule has 138 valence electrons. The second-order valence-corrected chi connectivity index (χ2v) is 7.01. The number of anilines is 1. The minimum atomic E-state index is 0.591. The van der Waals surface area contributed by atoms with E-state index in [1.807, 2.05) is 30.3 Å². The van der Waals surface area contributed by atoms with Gasteiger partial charge in [0.25, 0.3) is 0 Å². The lowest BCUT2D eigenvalue weighted by atomic mass is 9.91. The standard InChI is InChI=1S/C22H25N5/c1-3-8-18(9-4-1)20-12-7-14-27(17-20)15-13-23-22-25-21(16-24-26-22)19-10-5-2-6-11-19/h1-6,8-11,16,20H,7,12-15,17H2,(H,23,25,26). The van der Waals surface area contributed by atoms with E-state index in [9.17, 15) is 0 Å². The van der Waals surface area contributed by atoms with Gasteiger partial charge >= 0.3 is 0 Å². The van der Waals surface area contributed by atoms with Gasteiger partial charge in [0.15, 0.2) is 0 Å². The molecule has 1 aromatic heterocycles. The summed E-state index contributed by atoms with van der Waals surface area (Å²) < 4.78 is 0. The van der Waals surface area contributed by atoms with Crippen LogP contribution in [0.15, 0.2) is 66.9 Å². The molecular weight excluding hydrogens is 334 g/mol. The Kier molecular flexibility index (Phi) is 5.70. The molecular formula is C22H25N5. The SMILES string of the molecule is c1ccc(-c2cnnc(NCCN3CCCC(c4ccccc4)C3)n2)cc1. The smallest absolute Gasteiger partial charge is 0.243 e. The van der Waals surface area contributed by atoms with Crippen LogP contribution >= 0.6 is 0 Å². The second-order valence-electron chi connectivity index (χ2n) is 7.01. The van der Waals surface area contributed by atoms with Gasteiger partial charge < -0.3 is 10.2 Å². The van der Waals surface area contributed by atoms with Gasteiger partial charge in [-0.05, 0) is 30.9 Å². The zero-order valence-electron chi connectivity index (χ0n) is 15.5. The third kappa shape index (κ3) is 4.68. The van der Waals surface area contributed by atoms with E-state index in [1.165, 1.54) is 18.4 Å². The molecule has 5 heteroatoms. The molecule has 5 nitrogen and oxygen atoms in total. The summed E-state index contributed by atoms with van der Waals surface area (Å²) in [7, 11) is 0. The van der Waals surface area contributed by atoms with Crippen molar-refractivity contribution in [1.82, 2.24) is 20.1 Å². The Balaban J connectivity index is 1.31. The number of nitrogens with one attached hydrogen (secondary N) is 1. The van der Waals surface area contributed by atoms with Crippen LogP contribution in [0.4, 0.5) is 5.95 Å². The Bertz CT molecular complexity index is 838. The molecule has 0 saturated carbocycles. The highest BCUT2D eigenvalue weighted by Crippen LogP contribution is 2.26. The molecule has 1 N–H and O–H groups in total. The maximum atomic E-state index is 4.58. The maximum absolute atomic E-state index is 4.58. The first-order chi connectivity index (χ1) is 13.4. The molecule has 2 aromatic carbocycles. The van der Waals surface area contributed by atoms with E-state index in [1.54, 1.807) is 6.20 Å². The summed E-state index contributed by atoms with van der Waals surface area (Å²) in [6.07, 6.45) is 4.23. The highest BCUT2D eigenvalue weighted by molar-refractivity contribution is 5.58. The Morgan fingerprint density at radius 2 is 1.78 bits per heavy atom. The predicted molar refractivity (Wildman–Crippen MR) is 109 cm³/mol. The second kappa shape index (κ2) is 8.73. The monoisotopic (exact) mass is 359 g/mol. The van der Waals surface area contributed by atoms with E-state index in [2.05, 4.69) is 55.7 Å². The minimum Gasteiger partial charge on any atom is -0.352 e. The van der Waals surface area contributed by atoms with Gasteiger partial charge in [0.05, 0.1) is 11.9 Å². The van der Waals surface area contributed by atoms with Crippen molar-refractivity contribution < 1.29 is 0 Å². The number of hydrogen-bond acceptors (Lipinski definition) is 5. The average Bonchev–Trinajstić information content (AvgIpc) is 2.75. The summed E-state index contributed by atoms with van der Waals surface area (Å²) in [5.41, 5.74) is 3.35. The molecule has 0 radical (unpaired) electrons. The molecule has 4 rings (SSSR count). The van der Waals surface area contributed by atoms with Gasteiger partial charge in [0.2, 0.25) is 5.95 Å². The number of piperidine rings is 1. The lowest BCUT2D eigenvalue weighted by Gasteiger charge is -2.33. The fourth-order valence-electron chi connectivity index (χ4n) is 3.71. The highest BCUT2D eigenvalue weighted by atomic mass is 15.2. The van der Waals surface area contributed by atoms with Gasteiger partial charge in [-0.15, -0.1) is 5.10 Å². The summed E-state index contributed by atoms with van der Waals surface area (Å²) in [6.45, 7) is 4.09. The molecule has 1 atom stereocenters. The molecule has 0 bridgehead atoms. The van der Waals surface area contributed by atoms with Crippen LogP contribution in [0.1, 0.15) is 24.3 Å². The van der Waals surface area contributed by atoms with E-state index < -0.39 is 0 Å². The average molecular weight is 359 g/mol. The fraction of sp³-hybridized carbons (Fsp3) is 0.318. The molecule has 2 heterocycles. The first-order valence-electron chi connectivity index (χ1n) is 9.65. The molecule has 3 aromatic rings. The molecule has 1 aliphatic heterocycles. The topological polar surface area (TPSA) is 53.9 Å². The Morgan fingerprint density at radius 3 is 2.59 bits per heavy atom. The zero-order valence-corrected chi connectivity index (χ0v) is 15.5. The minimum absolute atomic E-state index is 0.591. The van der Waals surface area contributed by atoms with Crippen molar-refractivity contribution in [3.63, 3.8) is 0 Å². The molecule has 0 aliphatic carbocycles. The van der Waals surface area contributed by atoms with Crippen molar-refractivity contribution in [3.05, 3.63) is 72.4 Å². The first-order valence-corrected chi connectivity index (χ1v) is 9.65. The van der Waals surface area contributed by atoms with Crippen molar-refractivity contribution in [2.24, 2.45) is 0 Å². The summed E-state index contributed by atoms with van der Waals surface area (Å²) in [5.74, 6) is 1.23. The Hall–Kier alpha value is -2.79. The molecule has 1 unspecified atom stereocenters. The van der Waals surface area contributed by atoms with Crippen molar-refractivity contribution in [2.75, 3.05) is 31.5 Å². The van der Waals surface area contributed by atoms with Crippen molar-refractivity contribution in [2.45, 2.75) is 18.8 Å². The number of nitrogens with zero attached hydrogens (tertiary/aromatic N) is 4. The fourth-order valence-corrected chi connectivity index (χ4v) is 3.71. The van der Waals surface area contributed by atoms with Gasteiger partial charge in [0.1, 0.15) is 0 Å². The normalized spacial score (nSPS) is 17.6. The lowest BCUT2D eigenvalue weighted by Crippen LogP contribution is -2.37. The summed E-state index contributed by atoms with van der Waals surface area (Å²) in [6, 6.07) is 20.9. The van der Waals surface area contributed by atoms with Crippen molar-refractivity contribution >= 4 is 5.95 Å². The quantitative estimate of drug-likeness (QED) is 0.725.